The predicted octanol–water partition coefficient (Wildman–Crippen LogP) is 14.3. The third-order valence-electron chi connectivity index (χ3n) is 13.9. The molecule has 0 spiro atoms. The van der Waals surface area contributed by atoms with E-state index in [9.17, 15) is 0 Å². The molecule has 0 radical (unpaired) electrons. The van der Waals surface area contributed by atoms with E-state index < -0.39 is 0 Å². The van der Waals surface area contributed by atoms with Crippen LogP contribution in [0.25, 0.3) is 5.57 Å². The molecule has 0 saturated heterocycles. The zero-order valence-electron chi connectivity index (χ0n) is 33.5. The van der Waals surface area contributed by atoms with Crippen LogP contribution in [-0.4, -0.2) is 4.21 Å². The molecule has 0 heterocycles. The summed E-state index contributed by atoms with van der Waals surface area (Å²) in [6.45, 7) is 28.0. The van der Waals surface area contributed by atoms with Crippen molar-refractivity contribution < 1.29 is 24.2 Å². The number of fused-ring (bicyclic) bond motifs is 6. The maximum atomic E-state index is 4.00. The van der Waals surface area contributed by atoms with Crippen LogP contribution in [0.2, 0.25) is 0 Å². The zero-order valence-corrected chi connectivity index (χ0v) is 37.6. The number of rotatable bonds is 0. The molecule has 8 rings (SSSR count). The van der Waals surface area contributed by atoms with Crippen LogP contribution >= 0.6 is 24.8 Å². The van der Waals surface area contributed by atoms with Crippen LogP contribution in [-0.2, 0) is 30.7 Å². The molecule has 284 valence electrons. The molecule has 0 nitrogen and oxygen atoms in total. The summed E-state index contributed by atoms with van der Waals surface area (Å²) in [6.07, 6.45) is 25.6. The van der Waals surface area contributed by atoms with Crippen LogP contribution < -0.4 is 0 Å². The molecule has 52 heavy (non-hydrogen) atoms. The van der Waals surface area contributed by atoms with E-state index in [-0.39, 0.29) is 46.5 Å². The molecular formula is C49H66Cl2Zr-4. The molecule has 3 heteroatoms. The van der Waals surface area contributed by atoms with Gasteiger partial charge in [-0.2, -0.15) is 47.8 Å². The van der Waals surface area contributed by atoms with Crippen LogP contribution in [0.1, 0.15) is 123 Å². The summed E-state index contributed by atoms with van der Waals surface area (Å²) < 4.78 is 3.34. The Labute approximate surface area is 347 Å². The molecule has 0 amide bonds. The molecule has 6 aliphatic carbocycles. The molecular weight excluding hydrogens is 751 g/mol. The average Bonchev–Trinajstić information content (AvgIpc) is 3.82. The number of hydrogen-bond acceptors (Lipinski definition) is 0. The van der Waals surface area contributed by atoms with Crippen LogP contribution in [0.3, 0.4) is 0 Å². The normalized spacial score (nSPS) is 24.8. The van der Waals surface area contributed by atoms with Gasteiger partial charge in [-0.05, 0) is 40.6 Å². The van der Waals surface area contributed by atoms with E-state index in [2.05, 4.69) is 122 Å². The van der Waals surface area contributed by atoms with Gasteiger partial charge in [0.15, 0.2) is 0 Å². The number of allylic oxidation sites excluding steroid dienone is 10. The second-order valence-electron chi connectivity index (χ2n) is 16.7. The molecule has 2 aromatic rings. The molecule has 0 aromatic heterocycles. The molecule has 2 unspecified atom stereocenters. The summed E-state index contributed by atoms with van der Waals surface area (Å²) in [5.41, 5.74) is 11.4. The van der Waals surface area contributed by atoms with Crippen molar-refractivity contribution in [3.05, 3.63) is 144 Å². The average molecular weight is 817 g/mol. The van der Waals surface area contributed by atoms with Gasteiger partial charge in [0.2, 0.25) is 0 Å². The summed E-state index contributed by atoms with van der Waals surface area (Å²) in [4.78, 5) is 0. The first-order chi connectivity index (χ1) is 23.8. The molecule has 0 aliphatic heterocycles. The van der Waals surface area contributed by atoms with Gasteiger partial charge in [-0.1, -0.05) is 152 Å². The van der Waals surface area contributed by atoms with Gasteiger partial charge in [-0.25, -0.2) is 18.1 Å². The van der Waals surface area contributed by atoms with Gasteiger partial charge in [0.05, 0.1) is 0 Å². The summed E-state index contributed by atoms with van der Waals surface area (Å²) in [6, 6.07) is 19.0. The Kier molecular flexibility index (Phi) is 17.6. The molecule has 2 aromatic carbocycles. The van der Waals surface area contributed by atoms with Crippen LogP contribution in [0.4, 0.5) is 0 Å². The Morgan fingerprint density at radius 3 is 1.92 bits per heavy atom. The third-order valence-corrected chi connectivity index (χ3v) is 13.9. The second kappa shape index (κ2) is 19.7. The second-order valence-corrected chi connectivity index (χ2v) is 16.7. The Hall–Kier alpha value is -1.79. The molecule has 6 aliphatic rings. The Morgan fingerprint density at radius 2 is 1.42 bits per heavy atom. The first-order valence-corrected chi connectivity index (χ1v) is 20.8. The summed E-state index contributed by atoms with van der Waals surface area (Å²) in [7, 11) is 0. The van der Waals surface area contributed by atoms with E-state index in [0.29, 0.717) is 5.92 Å². The minimum absolute atomic E-state index is 0. The Morgan fingerprint density at radius 1 is 0.808 bits per heavy atom. The summed E-state index contributed by atoms with van der Waals surface area (Å²) in [5.74, 6) is 3.03. The van der Waals surface area contributed by atoms with Crippen molar-refractivity contribution in [3.63, 3.8) is 0 Å². The van der Waals surface area contributed by atoms with Crippen LogP contribution in [0.5, 0.6) is 0 Å². The van der Waals surface area contributed by atoms with Crippen molar-refractivity contribution >= 4 is 34.6 Å². The molecule has 2 fully saturated rings. The number of benzene rings is 2. The van der Waals surface area contributed by atoms with Crippen molar-refractivity contribution in [2.24, 2.45) is 33.5 Å². The Bertz CT molecular complexity index is 1580. The molecule has 2 atom stereocenters. The van der Waals surface area contributed by atoms with Crippen LogP contribution in [0, 0.1) is 59.3 Å². The van der Waals surface area contributed by atoms with E-state index in [1.807, 2.05) is 42.5 Å². The number of hydrogen-bond donors (Lipinski definition) is 0. The fourth-order valence-corrected chi connectivity index (χ4v) is 9.57. The van der Waals surface area contributed by atoms with Gasteiger partial charge in [-0.15, -0.1) is 50.3 Å². The Balaban J connectivity index is 0.000000331. The first kappa shape index (κ1) is 46.4. The van der Waals surface area contributed by atoms with Gasteiger partial charge in [0.1, 0.15) is 0 Å². The number of halogens is 2. The SMILES string of the molecule is C[C-]1C2=C3Cc4ccccc4C3=C3C=CCCC3C2(C)C(C)(C)C(C)(C)C1(C)C.Cl.Cl.[C-]1=CC=CC1.[CH2-]C1CCCCC1.[CH2-]c1ccccc1.[CH2]=[Zr]. The summed E-state index contributed by atoms with van der Waals surface area (Å²) >= 11 is 1.30. The van der Waals surface area contributed by atoms with Gasteiger partial charge in [-0.3, -0.25) is 6.08 Å². The topological polar surface area (TPSA) is 0 Å². The predicted molar refractivity (Wildman–Crippen MR) is 230 cm³/mol. The quantitative estimate of drug-likeness (QED) is 0.232. The maximum absolute atomic E-state index is 4.00. The first-order valence-electron chi connectivity index (χ1n) is 19.1. The van der Waals surface area contributed by atoms with Crippen LogP contribution in [0.15, 0.2) is 102 Å². The van der Waals surface area contributed by atoms with Gasteiger partial charge < -0.3 is 6.92 Å². The van der Waals surface area contributed by atoms with E-state index in [1.165, 1.54) is 80.3 Å². The standard InChI is InChI=1S/C29H37.C7H13.C7H7.C5H5.CH2.2ClH.Zr/c1-18-25-22-17-19-13-9-10-14-20(19)24(22)21-15-11-12-16-23(21)29(25,8)28(6,7)27(4,5)26(18,2)3;2*1-7-5-3-2-4-6-7;1-2-4-5-3-1;;;;/h9-11,13-15,23H,12,16-17H2,1-8H3;7H,1-6H2;2-6H,1H2;1-3H,4H2;1H2;2*1H;/q4*-1;;;;. The van der Waals surface area contributed by atoms with Crippen molar-refractivity contribution in [2.75, 3.05) is 0 Å². The summed E-state index contributed by atoms with van der Waals surface area (Å²) in [5, 5.41) is 0. The van der Waals surface area contributed by atoms with Crippen molar-refractivity contribution in [1.29, 1.82) is 0 Å². The van der Waals surface area contributed by atoms with Gasteiger partial charge in [0, 0.05) is 0 Å². The molecule has 2 saturated carbocycles. The van der Waals surface area contributed by atoms with E-state index >= 15 is 0 Å². The van der Waals surface area contributed by atoms with E-state index in [0.717, 1.165) is 24.3 Å². The minimum atomic E-state index is 0. The van der Waals surface area contributed by atoms with Gasteiger partial charge in [0.25, 0.3) is 0 Å². The van der Waals surface area contributed by atoms with Crippen molar-refractivity contribution in [3.8, 4) is 0 Å². The van der Waals surface area contributed by atoms with E-state index in [1.54, 1.807) is 28.2 Å². The van der Waals surface area contributed by atoms with Gasteiger partial charge >= 0.3 is 28.4 Å². The molecule has 0 N–H and O–H groups in total. The zero-order chi connectivity index (χ0) is 36.7. The van der Waals surface area contributed by atoms with E-state index in [4.69, 9.17) is 0 Å². The fraction of sp³-hybridized carbons (Fsp3) is 0.469. The van der Waals surface area contributed by atoms with Crippen molar-refractivity contribution in [2.45, 2.75) is 113 Å². The monoisotopic (exact) mass is 814 g/mol. The fourth-order valence-electron chi connectivity index (χ4n) is 9.57. The third kappa shape index (κ3) is 8.85. The van der Waals surface area contributed by atoms with Crippen molar-refractivity contribution in [1.82, 2.24) is 0 Å². The molecule has 0 bridgehead atoms.